The Labute approximate surface area is 163 Å². The summed E-state index contributed by atoms with van der Waals surface area (Å²) < 4.78 is 0. The number of nitrogen functional groups attached to an aromatic ring is 1. The van der Waals surface area contributed by atoms with Gasteiger partial charge in [0.05, 0.1) is 17.3 Å². The van der Waals surface area contributed by atoms with Crippen molar-refractivity contribution in [2.75, 3.05) is 13.1 Å². The highest BCUT2D eigenvalue weighted by Crippen LogP contribution is 2.26. The van der Waals surface area contributed by atoms with Gasteiger partial charge in [-0.25, -0.2) is 9.97 Å². The Kier molecular flexibility index (Phi) is 5.65. The van der Waals surface area contributed by atoms with Gasteiger partial charge in [-0.15, -0.1) is 0 Å². The van der Waals surface area contributed by atoms with Crippen LogP contribution in [0.15, 0.2) is 48.8 Å². The molecule has 7 heteroatoms. The van der Waals surface area contributed by atoms with Gasteiger partial charge in [0.2, 0.25) is 0 Å². The summed E-state index contributed by atoms with van der Waals surface area (Å²) in [6, 6.07) is 12.2. The van der Waals surface area contributed by atoms with E-state index in [-0.39, 0.29) is 11.7 Å². The molecule has 0 fully saturated rings. The van der Waals surface area contributed by atoms with Crippen LogP contribution in [0.25, 0.3) is 10.9 Å². The summed E-state index contributed by atoms with van der Waals surface area (Å²) in [6.45, 7) is 5.22. The molecule has 1 aromatic heterocycles. The fourth-order valence-electron chi connectivity index (χ4n) is 3.21. The number of fused-ring (bicyclic) bond motifs is 1. The lowest BCUT2D eigenvalue weighted by Crippen LogP contribution is -2.30. The first kappa shape index (κ1) is 19.4. The number of hydrogen-bond donors (Lipinski definition) is 3. The summed E-state index contributed by atoms with van der Waals surface area (Å²) in [5.74, 6) is -0.0355. The Morgan fingerprint density at radius 1 is 1.11 bits per heavy atom. The highest BCUT2D eigenvalue weighted by atomic mass is 16.2. The first-order valence-electron chi connectivity index (χ1n) is 9.20. The molecular weight excluding hydrogens is 352 g/mol. The van der Waals surface area contributed by atoms with Crippen LogP contribution in [0.5, 0.6) is 0 Å². The van der Waals surface area contributed by atoms with Crippen LogP contribution in [-0.2, 0) is 0 Å². The summed E-state index contributed by atoms with van der Waals surface area (Å²) in [5, 5.41) is 8.41. The lowest BCUT2D eigenvalue weighted by Gasteiger charge is -2.19. The summed E-state index contributed by atoms with van der Waals surface area (Å²) in [5.41, 5.74) is 15.4. The average Bonchev–Trinajstić information content (AvgIpc) is 2.73. The minimum absolute atomic E-state index is 0.0128. The second-order valence-corrected chi connectivity index (χ2v) is 6.49. The van der Waals surface area contributed by atoms with Crippen molar-refractivity contribution < 1.29 is 4.79 Å². The number of amides is 1. The van der Waals surface area contributed by atoms with E-state index < -0.39 is 6.04 Å². The first-order valence-corrected chi connectivity index (χ1v) is 9.20. The summed E-state index contributed by atoms with van der Waals surface area (Å²) in [6.07, 6.45) is 1.46. The summed E-state index contributed by atoms with van der Waals surface area (Å²) >= 11 is 0. The van der Waals surface area contributed by atoms with Crippen molar-refractivity contribution in [1.82, 2.24) is 14.9 Å². The van der Waals surface area contributed by atoms with E-state index >= 15 is 0 Å². The van der Waals surface area contributed by atoms with Crippen LogP contribution in [-0.4, -0.2) is 39.7 Å². The predicted molar refractivity (Wildman–Crippen MR) is 110 cm³/mol. The Balaban J connectivity index is 2.02. The van der Waals surface area contributed by atoms with E-state index in [4.69, 9.17) is 16.9 Å². The van der Waals surface area contributed by atoms with Gasteiger partial charge in [-0.05, 0) is 37.6 Å². The van der Waals surface area contributed by atoms with Gasteiger partial charge in [0.25, 0.3) is 5.91 Å². The molecule has 0 aliphatic heterocycles. The van der Waals surface area contributed by atoms with Gasteiger partial charge in [-0.3, -0.25) is 10.2 Å². The van der Waals surface area contributed by atoms with E-state index in [2.05, 4.69) is 9.97 Å². The third-order valence-corrected chi connectivity index (χ3v) is 4.82. The van der Waals surface area contributed by atoms with Crippen molar-refractivity contribution in [1.29, 1.82) is 5.41 Å². The maximum absolute atomic E-state index is 12.6. The molecule has 144 valence electrons. The topological polar surface area (TPSA) is 122 Å². The first-order chi connectivity index (χ1) is 13.5. The second kappa shape index (κ2) is 8.14. The number of rotatable bonds is 6. The van der Waals surface area contributed by atoms with Crippen LogP contribution < -0.4 is 11.5 Å². The van der Waals surface area contributed by atoms with Crippen molar-refractivity contribution in [3.8, 4) is 0 Å². The zero-order chi connectivity index (χ0) is 20.3. The molecule has 5 N–H and O–H groups in total. The molecule has 2 aromatic carbocycles. The number of nitrogens with one attached hydrogen (secondary N) is 1. The number of aromatic nitrogens is 2. The summed E-state index contributed by atoms with van der Waals surface area (Å²) in [4.78, 5) is 23.1. The third kappa shape index (κ3) is 3.70. The minimum Gasteiger partial charge on any atom is -0.384 e. The van der Waals surface area contributed by atoms with Crippen LogP contribution in [0.3, 0.4) is 0 Å². The van der Waals surface area contributed by atoms with Crippen molar-refractivity contribution in [3.63, 3.8) is 0 Å². The normalized spacial score (nSPS) is 12.0. The Hall–Kier alpha value is -3.32. The molecule has 0 radical (unpaired) electrons. The molecule has 1 amide bonds. The van der Waals surface area contributed by atoms with Crippen LogP contribution >= 0.6 is 0 Å². The van der Waals surface area contributed by atoms with E-state index in [0.717, 1.165) is 10.9 Å². The molecule has 3 aromatic rings. The molecule has 7 nitrogen and oxygen atoms in total. The van der Waals surface area contributed by atoms with Gasteiger partial charge in [-0.1, -0.05) is 24.3 Å². The number of carbonyl (C=O) groups excluding carboxylic acids is 1. The molecule has 0 aliphatic rings. The molecule has 3 rings (SSSR count). The van der Waals surface area contributed by atoms with E-state index in [1.54, 1.807) is 29.2 Å². The van der Waals surface area contributed by atoms with E-state index in [0.29, 0.717) is 35.4 Å². The van der Waals surface area contributed by atoms with Crippen LogP contribution in [0.4, 0.5) is 0 Å². The molecule has 28 heavy (non-hydrogen) atoms. The number of nitrogens with two attached hydrogens (primary N) is 2. The van der Waals surface area contributed by atoms with Gasteiger partial charge < -0.3 is 16.4 Å². The zero-order valence-electron chi connectivity index (χ0n) is 16.0. The predicted octanol–water partition coefficient (Wildman–Crippen LogP) is 2.44. The van der Waals surface area contributed by atoms with Gasteiger partial charge in [0.15, 0.2) is 0 Å². The lowest BCUT2D eigenvalue weighted by molar-refractivity contribution is 0.0773. The number of carbonyl (C=O) groups is 1. The SMILES string of the molecule is CCN(CC)C(=O)c1ccc2c(C(N)c3cccc(C(=N)N)c3)ncnc2c1. The molecule has 1 atom stereocenters. The third-order valence-electron chi connectivity index (χ3n) is 4.82. The molecule has 1 heterocycles. The average molecular weight is 376 g/mol. The Morgan fingerprint density at radius 3 is 2.54 bits per heavy atom. The van der Waals surface area contributed by atoms with Crippen molar-refractivity contribution >= 4 is 22.6 Å². The monoisotopic (exact) mass is 376 g/mol. The smallest absolute Gasteiger partial charge is 0.253 e. The quantitative estimate of drug-likeness (QED) is 0.450. The highest BCUT2D eigenvalue weighted by Gasteiger charge is 2.18. The molecule has 0 spiro atoms. The second-order valence-electron chi connectivity index (χ2n) is 6.49. The summed E-state index contributed by atoms with van der Waals surface area (Å²) in [7, 11) is 0. The molecule has 0 saturated carbocycles. The van der Waals surface area contributed by atoms with Crippen LogP contribution in [0, 0.1) is 5.41 Å². The maximum atomic E-state index is 12.6. The van der Waals surface area contributed by atoms with Gasteiger partial charge in [-0.2, -0.15) is 0 Å². The van der Waals surface area contributed by atoms with Gasteiger partial charge >= 0.3 is 0 Å². The van der Waals surface area contributed by atoms with Crippen molar-refractivity contribution in [3.05, 3.63) is 71.2 Å². The minimum atomic E-state index is -0.505. The van der Waals surface area contributed by atoms with E-state index in [1.165, 1.54) is 6.33 Å². The van der Waals surface area contributed by atoms with Gasteiger partial charge in [0.1, 0.15) is 12.2 Å². The Morgan fingerprint density at radius 2 is 1.86 bits per heavy atom. The number of nitrogens with zero attached hydrogens (tertiary/aromatic N) is 3. The molecule has 0 aliphatic carbocycles. The van der Waals surface area contributed by atoms with Gasteiger partial charge in [0, 0.05) is 29.6 Å². The van der Waals surface area contributed by atoms with Crippen molar-refractivity contribution in [2.24, 2.45) is 11.5 Å². The molecule has 0 saturated heterocycles. The highest BCUT2D eigenvalue weighted by molar-refractivity contribution is 5.98. The van der Waals surface area contributed by atoms with E-state index in [9.17, 15) is 4.79 Å². The van der Waals surface area contributed by atoms with E-state index in [1.807, 2.05) is 32.0 Å². The fraction of sp³-hybridized carbons (Fsp3) is 0.238. The number of benzene rings is 2. The van der Waals surface area contributed by atoms with Crippen LogP contribution in [0.1, 0.15) is 47.1 Å². The molecular formula is C21H24N6O. The lowest BCUT2D eigenvalue weighted by atomic mass is 9.98. The largest absolute Gasteiger partial charge is 0.384 e. The van der Waals surface area contributed by atoms with Crippen LogP contribution in [0.2, 0.25) is 0 Å². The van der Waals surface area contributed by atoms with Crippen molar-refractivity contribution in [2.45, 2.75) is 19.9 Å². The zero-order valence-corrected chi connectivity index (χ0v) is 16.0. The standard InChI is InChI=1S/C21H24N6O/c1-3-27(4-2)21(28)15-8-9-16-17(11-15)25-12-26-19(16)18(22)13-6-5-7-14(10-13)20(23)24/h5-12,18H,3-4,22H2,1-2H3,(H3,23,24). The number of amidine groups is 1. The Bertz CT molecular complexity index is 1030. The molecule has 1 unspecified atom stereocenters. The number of hydrogen-bond acceptors (Lipinski definition) is 5. The molecule has 0 bridgehead atoms. The fourth-order valence-corrected chi connectivity index (χ4v) is 3.21. The maximum Gasteiger partial charge on any atom is 0.253 e.